The second-order valence-electron chi connectivity index (χ2n) is 21.3. The molecule has 0 aliphatic carbocycles. The van der Waals surface area contributed by atoms with Crippen molar-refractivity contribution in [1.29, 1.82) is 0 Å². The lowest BCUT2D eigenvalue weighted by atomic mass is 10.1. The fourth-order valence-corrected chi connectivity index (χ4v) is 8.55. The van der Waals surface area contributed by atoms with Crippen molar-refractivity contribution >= 4 is 17.9 Å². The molecule has 82 heavy (non-hydrogen) atoms. The Morgan fingerprint density at radius 3 is 0.793 bits per heavy atom. The van der Waals surface area contributed by atoms with E-state index in [1.807, 2.05) is 0 Å². The second-order valence-corrected chi connectivity index (χ2v) is 21.3. The summed E-state index contributed by atoms with van der Waals surface area (Å²) >= 11 is 0. The number of esters is 3. The molecule has 0 aromatic heterocycles. The van der Waals surface area contributed by atoms with Crippen LogP contribution >= 0.6 is 0 Å². The van der Waals surface area contributed by atoms with E-state index in [2.05, 4.69) is 191 Å². The van der Waals surface area contributed by atoms with Crippen LogP contribution in [-0.4, -0.2) is 37.2 Å². The molecule has 0 saturated heterocycles. The molecule has 0 rings (SSSR count). The summed E-state index contributed by atoms with van der Waals surface area (Å²) in [4.78, 5) is 38.4. The zero-order valence-corrected chi connectivity index (χ0v) is 52.7. The van der Waals surface area contributed by atoms with Gasteiger partial charge in [0.15, 0.2) is 6.10 Å². The lowest BCUT2D eigenvalue weighted by Gasteiger charge is -2.18. The van der Waals surface area contributed by atoms with Crippen LogP contribution in [-0.2, 0) is 28.6 Å². The van der Waals surface area contributed by atoms with E-state index >= 15 is 0 Å². The molecule has 1 atom stereocenters. The van der Waals surface area contributed by atoms with Gasteiger partial charge in [-0.25, -0.2) is 0 Å². The summed E-state index contributed by atoms with van der Waals surface area (Å²) in [6.07, 6.45) is 101. The van der Waals surface area contributed by atoms with Gasteiger partial charge >= 0.3 is 17.9 Å². The van der Waals surface area contributed by atoms with Crippen LogP contribution in [0.3, 0.4) is 0 Å². The predicted octanol–water partition coefficient (Wildman–Crippen LogP) is 23.0. The molecule has 0 heterocycles. The molecule has 0 bridgehead atoms. The van der Waals surface area contributed by atoms with Crippen molar-refractivity contribution in [2.75, 3.05) is 13.2 Å². The van der Waals surface area contributed by atoms with Crippen LogP contribution in [0.15, 0.2) is 170 Å². The molecule has 460 valence electrons. The Labute approximate surface area is 504 Å². The summed E-state index contributed by atoms with van der Waals surface area (Å²) in [5.74, 6) is -0.995. The molecule has 0 amide bonds. The molecular formula is C76H120O6. The fourth-order valence-electron chi connectivity index (χ4n) is 8.55. The van der Waals surface area contributed by atoms with Gasteiger partial charge in [0, 0.05) is 19.3 Å². The summed E-state index contributed by atoms with van der Waals surface area (Å²) in [7, 11) is 0. The number of ether oxygens (including phenoxy) is 3. The van der Waals surface area contributed by atoms with Crippen molar-refractivity contribution in [1.82, 2.24) is 0 Å². The maximum absolute atomic E-state index is 12.9. The van der Waals surface area contributed by atoms with Crippen LogP contribution in [0, 0.1) is 0 Å². The van der Waals surface area contributed by atoms with Crippen molar-refractivity contribution in [2.45, 2.75) is 277 Å². The average Bonchev–Trinajstić information content (AvgIpc) is 3.47. The maximum Gasteiger partial charge on any atom is 0.306 e. The zero-order valence-electron chi connectivity index (χ0n) is 52.7. The number of carbonyl (C=O) groups excluding carboxylic acids is 3. The van der Waals surface area contributed by atoms with Gasteiger partial charge in [0.1, 0.15) is 13.2 Å². The third-order valence-corrected chi connectivity index (χ3v) is 13.4. The first-order chi connectivity index (χ1) is 40.5. The van der Waals surface area contributed by atoms with Crippen LogP contribution < -0.4 is 0 Å². The molecule has 0 fully saturated rings. The number of hydrogen-bond donors (Lipinski definition) is 0. The SMILES string of the molecule is CC/C=C\C/C=C\C/C=C\C/C=C\C/C=C\C/C=C\C/C=C\CCCC(=O)OCC(COC(=O)CCCCCCCCC/C=C\C/C=C\CCCCCC)OC(=O)CCCCCCCCC/C=C\C/C=C\C/C=C\C/C=C\C/C=C\CC. The molecule has 0 radical (unpaired) electrons. The third kappa shape index (κ3) is 65.6. The minimum Gasteiger partial charge on any atom is -0.462 e. The van der Waals surface area contributed by atoms with Gasteiger partial charge in [-0.2, -0.15) is 0 Å². The van der Waals surface area contributed by atoms with Crippen molar-refractivity contribution in [3.8, 4) is 0 Å². The number of allylic oxidation sites excluding steroid dienone is 28. The van der Waals surface area contributed by atoms with Gasteiger partial charge in [0.2, 0.25) is 0 Å². The molecule has 0 N–H and O–H groups in total. The van der Waals surface area contributed by atoms with Crippen LogP contribution in [0.25, 0.3) is 0 Å². The van der Waals surface area contributed by atoms with Crippen molar-refractivity contribution in [3.05, 3.63) is 170 Å². The quantitative estimate of drug-likeness (QED) is 0.0261. The maximum atomic E-state index is 12.9. The van der Waals surface area contributed by atoms with Gasteiger partial charge in [0.25, 0.3) is 0 Å². The van der Waals surface area contributed by atoms with Gasteiger partial charge in [0.05, 0.1) is 0 Å². The van der Waals surface area contributed by atoms with Gasteiger partial charge in [-0.1, -0.05) is 274 Å². The lowest BCUT2D eigenvalue weighted by molar-refractivity contribution is -0.167. The minimum absolute atomic E-state index is 0.113. The first-order valence-corrected chi connectivity index (χ1v) is 33.1. The Bertz CT molecular complexity index is 1870. The number of carbonyl (C=O) groups is 3. The van der Waals surface area contributed by atoms with E-state index in [0.29, 0.717) is 19.3 Å². The van der Waals surface area contributed by atoms with Gasteiger partial charge in [-0.05, 0) is 148 Å². The molecular weight excluding hydrogens is 1010 g/mol. The highest BCUT2D eigenvalue weighted by molar-refractivity contribution is 5.71. The smallest absolute Gasteiger partial charge is 0.306 e. The zero-order chi connectivity index (χ0) is 59.2. The predicted molar refractivity (Wildman–Crippen MR) is 357 cm³/mol. The average molecular weight is 1130 g/mol. The van der Waals surface area contributed by atoms with Crippen molar-refractivity contribution in [2.24, 2.45) is 0 Å². The first-order valence-electron chi connectivity index (χ1n) is 33.1. The Kier molecular flexibility index (Phi) is 63.9. The van der Waals surface area contributed by atoms with Crippen molar-refractivity contribution in [3.63, 3.8) is 0 Å². The number of unbranched alkanes of at least 4 members (excludes halogenated alkanes) is 19. The second kappa shape index (κ2) is 68.3. The molecule has 0 spiro atoms. The van der Waals surface area contributed by atoms with E-state index in [4.69, 9.17) is 14.2 Å². The highest BCUT2D eigenvalue weighted by atomic mass is 16.6. The number of rotatable bonds is 58. The summed E-state index contributed by atoms with van der Waals surface area (Å²) in [6, 6.07) is 0. The van der Waals surface area contributed by atoms with Crippen LogP contribution in [0.2, 0.25) is 0 Å². The van der Waals surface area contributed by atoms with E-state index < -0.39 is 6.10 Å². The Morgan fingerprint density at radius 1 is 0.256 bits per heavy atom. The molecule has 0 aliphatic heterocycles. The van der Waals surface area contributed by atoms with E-state index in [1.54, 1.807) is 0 Å². The Hall–Kier alpha value is -5.23. The van der Waals surface area contributed by atoms with Gasteiger partial charge < -0.3 is 14.2 Å². The first kappa shape index (κ1) is 76.8. The van der Waals surface area contributed by atoms with Crippen LogP contribution in [0.5, 0.6) is 0 Å². The Morgan fingerprint density at radius 2 is 0.488 bits per heavy atom. The lowest BCUT2D eigenvalue weighted by Crippen LogP contribution is -2.30. The molecule has 6 nitrogen and oxygen atoms in total. The normalized spacial score (nSPS) is 13.3. The topological polar surface area (TPSA) is 78.9 Å². The third-order valence-electron chi connectivity index (χ3n) is 13.4. The molecule has 1 unspecified atom stereocenters. The monoisotopic (exact) mass is 1130 g/mol. The molecule has 0 aliphatic rings. The highest BCUT2D eigenvalue weighted by Crippen LogP contribution is 2.14. The van der Waals surface area contributed by atoms with E-state index in [1.165, 1.54) is 77.0 Å². The van der Waals surface area contributed by atoms with Gasteiger partial charge in [-0.3, -0.25) is 14.4 Å². The minimum atomic E-state index is -0.823. The largest absolute Gasteiger partial charge is 0.462 e. The Balaban J connectivity index is 4.56. The molecule has 6 heteroatoms. The summed E-state index contributed by atoms with van der Waals surface area (Å²) in [5.41, 5.74) is 0. The van der Waals surface area contributed by atoms with Crippen LogP contribution in [0.4, 0.5) is 0 Å². The van der Waals surface area contributed by atoms with Gasteiger partial charge in [-0.15, -0.1) is 0 Å². The summed E-state index contributed by atoms with van der Waals surface area (Å²) in [5, 5.41) is 0. The number of hydrogen-bond acceptors (Lipinski definition) is 6. The highest BCUT2D eigenvalue weighted by Gasteiger charge is 2.19. The summed E-state index contributed by atoms with van der Waals surface area (Å²) < 4.78 is 16.9. The molecule has 0 aromatic carbocycles. The van der Waals surface area contributed by atoms with Crippen molar-refractivity contribution < 1.29 is 28.6 Å². The summed E-state index contributed by atoms with van der Waals surface area (Å²) in [6.45, 7) is 6.33. The van der Waals surface area contributed by atoms with E-state index in [-0.39, 0.29) is 37.5 Å². The van der Waals surface area contributed by atoms with E-state index in [0.717, 1.165) is 148 Å². The fraction of sp³-hybridized carbons (Fsp3) is 0.592. The molecule has 0 aromatic rings. The molecule has 0 saturated carbocycles. The standard InChI is InChI=1S/C76H120O6/c1-4-7-10-13-16-19-22-25-28-31-34-36-38-40-42-45-48-51-54-57-60-63-66-69-75(78)81-72-73(71-80-74(77)68-65-62-59-56-53-50-47-44-33-30-27-24-21-18-15-12-9-6-3)82-76(79)70-67-64-61-58-55-52-49-46-43-41-39-37-35-32-29-26-23-20-17-14-11-8-5-2/h7-8,10-11,16-17,19-21,24-26,28-30,33-37,40-43,48,51,57,60,73H,4-6,9,12-15,18,22-23,27,31-32,38-39,44-47,49-50,52-56,58-59,61-72H2,1-3H3/b10-7-,11-8-,19-16-,20-17-,24-21-,28-25-,29-26-,33-30-,36-34-,37-35-,42-40-,43-41-,51-48-,60-57-. The van der Waals surface area contributed by atoms with Crippen LogP contribution in [0.1, 0.15) is 271 Å². The van der Waals surface area contributed by atoms with E-state index in [9.17, 15) is 14.4 Å².